The molecule has 2 unspecified atom stereocenters. The van der Waals surface area contributed by atoms with Gasteiger partial charge in [0.1, 0.15) is 0 Å². The summed E-state index contributed by atoms with van der Waals surface area (Å²) in [5.74, 6) is 0.138. The molecule has 1 heterocycles. The van der Waals surface area contributed by atoms with E-state index in [-0.39, 0.29) is 22.3 Å². The van der Waals surface area contributed by atoms with Gasteiger partial charge in [-0.2, -0.15) is 0 Å². The molecule has 1 fully saturated rings. The normalized spacial score (nSPS) is 19.6. The minimum atomic E-state index is 0.0242. The number of nitrogens with zero attached hydrogens (tertiary/aromatic N) is 1. The van der Waals surface area contributed by atoms with Crippen molar-refractivity contribution >= 4 is 33.6 Å². The van der Waals surface area contributed by atoms with Gasteiger partial charge in [-0.1, -0.05) is 54.2 Å². The maximum Gasteiger partial charge on any atom is 0.224 e. The first-order valence-corrected chi connectivity index (χ1v) is 8.38. The van der Waals surface area contributed by atoms with Gasteiger partial charge in [0.05, 0.1) is 6.04 Å². The predicted octanol–water partition coefficient (Wildman–Crippen LogP) is 3.78. The van der Waals surface area contributed by atoms with Crippen LogP contribution in [0.3, 0.4) is 0 Å². The summed E-state index contributed by atoms with van der Waals surface area (Å²) in [5, 5.41) is 2.54. The van der Waals surface area contributed by atoms with E-state index in [1.165, 1.54) is 28.1 Å². The number of carbonyl (C=O) groups is 2. The Morgan fingerprint density at radius 1 is 1.23 bits per heavy atom. The number of fused-ring (bicyclic) bond motifs is 1. The van der Waals surface area contributed by atoms with Crippen LogP contribution in [0, 0.1) is 0 Å². The number of carbonyl (C=O) groups excluding carboxylic acids is 2. The van der Waals surface area contributed by atoms with Crippen LogP contribution in [0.25, 0.3) is 10.8 Å². The molecular formula is C18H19NO2S. The molecule has 3 nitrogen and oxygen atoms in total. The molecule has 114 valence electrons. The van der Waals surface area contributed by atoms with E-state index in [0.717, 1.165) is 0 Å². The van der Waals surface area contributed by atoms with Gasteiger partial charge in [0.2, 0.25) is 5.91 Å². The fourth-order valence-electron chi connectivity index (χ4n) is 3.17. The van der Waals surface area contributed by atoms with Crippen LogP contribution in [-0.2, 0) is 9.59 Å². The second kappa shape index (κ2) is 6.13. The molecule has 0 aromatic heterocycles. The fraction of sp³-hybridized carbons (Fsp3) is 0.333. The zero-order chi connectivity index (χ0) is 15.7. The first-order chi connectivity index (χ1) is 10.6. The van der Waals surface area contributed by atoms with Crippen molar-refractivity contribution in [3.8, 4) is 0 Å². The van der Waals surface area contributed by atoms with Gasteiger partial charge >= 0.3 is 0 Å². The van der Waals surface area contributed by atoms with Crippen LogP contribution in [0.5, 0.6) is 0 Å². The highest BCUT2D eigenvalue weighted by molar-refractivity contribution is 8.14. The quantitative estimate of drug-likeness (QED) is 0.865. The van der Waals surface area contributed by atoms with Crippen LogP contribution in [0.1, 0.15) is 31.9 Å². The summed E-state index contributed by atoms with van der Waals surface area (Å²) < 4.78 is 0. The molecule has 3 rings (SSSR count). The van der Waals surface area contributed by atoms with E-state index in [9.17, 15) is 9.59 Å². The van der Waals surface area contributed by atoms with Crippen molar-refractivity contribution in [2.75, 3.05) is 6.54 Å². The molecule has 0 N–H and O–H groups in total. The Hall–Kier alpha value is -1.81. The molecule has 1 aliphatic heterocycles. The molecular weight excluding hydrogens is 294 g/mol. The van der Waals surface area contributed by atoms with E-state index >= 15 is 0 Å². The SMILES string of the molecule is CC(=O)SC1CC(=O)N(C(C)c2cccc3ccccc23)C1. The van der Waals surface area contributed by atoms with Crippen molar-refractivity contribution in [1.82, 2.24) is 4.90 Å². The largest absolute Gasteiger partial charge is 0.335 e. The molecule has 1 amide bonds. The van der Waals surface area contributed by atoms with E-state index in [1.807, 2.05) is 23.1 Å². The van der Waals surface area contributed by atoms with Gasteiger partial charge < -0.3 is 4.90 Å². The van der Waals surface area contributed by atoms with Crippen molar-refractivity contribution in [3.05, 3.63) is 48.0 Å². The monoisotopic (exact) mass is 313 g/mol. The third kappa shape index (κ3) is 2.88. The Balaban J connectivity index is 1.88. The fourth-order valence-corrected chi connectivity index (χ4v) is 4.10. The van der Waals surface area contributed by atoms with Gasteiger partial charge in [-0.3, -0.25) is 9.59 Å². The van der Waals surface area contributed by atoms with E-state index in [1.54, 1.807) is 6.92 Å². The standard InChI is InChI=1S/C18H19NO2S/c1-12(19-11-15(10-18(19)21)22-13(2)20)16-9-5-7-14-6-3-4-8-17(14)16/h3-9,12,15H,10-11H2,1-2H3. The van der Waals surface area contributed by atoms with Gasteiger partial charge in [-0.25, -0.2) is 0 Å². The average molecular weight is 313 g/mol. The maximum atomic E-state index is 12.3. The summed E-state index contributed by atoms with van der Waals surface area (Å²) in [6.45, 7) is 4.28. The lowest BCUT2D eigenvalue weighted by atomic mass is 9.99. The number of thioether (sulfide) groups is 1. The molecule has 0 aliphatic carbocycles. The van der Waals surface area contributed by atoms with Crippen molar-refractivity contribution in [2.24, 2.45) is 0 Å². The van der Waals surface area contributed by atoms with Crippen LogP contribution in [0.15, 0.2) is 42.5 Å². The summed E-state index contributed by atoms with van der Waals surface area (Å²) in [6, 6.07) is 14.5. The second-order valence-corrected chi connectivity index (χ2v) is 7.20. The van der Waals surface area contributed by atoms with E-state index in [2.05, 4.69) is 31.2 Å². The molecule has 4 heteroatoms. The number of hydrogen-bond donors (Lipinski definition) is 0. The molecule has 2 aromatic rings. The molecule has 1 saturated heterocycles. The molecule has 1 aliphatic rings. The zero-order valence-electron chi connectivity index (χ0n) is 12.8. The van der Waals surface area contributed by atoms with Gasteiger partial charge in [0.15, 0.2) is 5.12 Å². The minimum Gasteiger partial charge on any atom is -0.335 e. The van der Waals surface area contributed by atoms with Crippen LogP contribution >= 0.6 is 11.8 Å². The van der Waals surface area contributed by atoms with Crippen LogP contribution < -0.4 is 0 Å². The third-order valence-electron chi connectivity index (χ3n) is 4.20. The van der Waals surface area contributed by atoms with E-state index in [4.69, 9.17) is 0 Å². The summed E-state index contributed by atoms with van der Waals surface area (Å²) in [6.07, 6.45) is 0.458. The first-order valence-electron chi connectivity index (χ1n) is 7.50. The lowest BCUT2D eigenvalue weighted by Crippen LogP contribution is -2.29. The van der Waals surface area contributed by atoms with Crippen molar-refractivity contribution in [2.45, 2.75) is 31.6 Å². The van der Waals surface area contributed by atoms with Gasteiger partial charge in [0.25, 0.3) is 0 Å². The minimum absolute atomic E-state index is 0.0242. The average Bonchev–Trinajstić information content (AvgIpc) is 2.85. The van der Waals surface area contributed by atoms with Crippen LogP contribution in [-0.4, -0.2) is 27.7 Å². The molecule has 22 heavy (non-hydrogen) atoms. The Bertz CT molecular complexity index is 723. The Kier molecular flexibility index (Phi) is 4.21. The lowest BCUT2D eigenvalue weighted by Gasteiger charge is -2.26. The molecule has 0 radical (unpaired) electrons. The number of likely N-dealkylation sites (tertiary alicyclic amines) is 1. The Morgan fingerprint density at radius 3 is 2.73 bits per heavy atom. The second-order valence-electron chi connectivity index (χ2n) is 5.73. The van der Waals surface area contributed by atoms with Crippen LogP contribution in [0.4, 0.5) is 0 Å². The number of hydrogen-bond acceptors (Lipinski definition) is 3. The number of rotatable bonds is 3. The Labute approximate surface area is 134 Å². The van der Waals surface area contributed by atoms with Crippen LogP contribution in [0.2, 0.25) is 0 Å². The molecule has 0 bridgehead atoms. The summed E-state index contributed by atoms with van der Waals surface area (Å²) in [5.41, 5.74) is 1.17. The van der Waals surface area contributed by atoms with Gasteiger partial charge in [-0.05, 0) is 23.3 Å². The smallest absolute Gasteiger partial charge is 0.224 e. The number of amides is 1. The highest BCUT2D eigenvalue weighted by atomic mass is 32.2. The molecule has 0 spiro atoms. The number of benzene rings is 2. The molecule has 2 atom stereocenters. The highest BCUT2D eigenvalue weighted by Gasteiger charge is 2.34. The summed E-state index contributed by atoms with van der Waals surface area (Å²) >= 11 is 1.28. The highest BCUT2D eigenvalue weighted by Crippen LogP contribution is 2.33. The maximum absolute atomic E-state index is 12.3. The van der Waals surface area contributed by atoms with E-state index < -0.39 is 0 Å². The van der Waals surface area contributed by atoms with Crippen molar-refractivity contribution in [3.63, 3.8) is 0 Å². The third-order valence-corrected chi connectivity index (χ3v) is 5.18. The summed E-state index contributed by atoms with van der Waals surface area (Å²) in [4.78, 5) is 25.5. The molecule has 2 aromatic carbocycles. The summed E-state index contributed by atoms with van der Waals surface area (Å²) in [7, 11) is 0. The topological polar surface area (TPSA) is 37.4 Å². The van der Waals surface area contributed by atoms with E-state index in [0.29, 0.717) is 13.0 Å². The molecule has 0 saturated carbocycles. The van der Waals surface area contributed by atoms with Crippen molar-refractivity contribution < 1.29 is 9.59 Å². The zero-order valence-corrected chi connectivity index (χ0v) is 13.6. The predicted molar refractivity (Wildman–Crippen MR) is 90.8 cm³/mol. The first kappa shape index (κ1) is 15.1. The van der Waals surface area contributed by atoms with Gasteiger partial charge in [0, 0.05) is 25.1 Å². The van der Waals surface area contributed by atoms with Gasteiger partial charge in [-0.15, -0.1) is 0 Å². The van der Waals surface area contributed by atoms with Crippen molar-refractivity contribution in [1.29, 1.82) is 0 Å². The lowest BCUT2D eigenvalue weighted by molar-refractivity contribution is -0.129. The Morgan fingerprint density at radius 2 is 1.95 bits per heavy atom.